The highest BCUT2D eigenvalue weighted by atomic mass is 32.1. The Labute approximate surface area is 229 Å². The zero-order chi connectivity index (χ0) is 28.1. The average Bonchev–Trinajstić information content (AvgIpc) is 3.24. The molecule has 0 spiro atoms. The van der Waals surface area contributed by atoms with E-state index < -0.39 is 16.4 Å². The third-order valence-corrected chi connectivity index (χ3v) is 7.34. The first kappa shape index (κ1) is 27.8. The van der Waals surface area contributed by atoms with Crippen LogP contribution in [0.25, 0.3) is 17.3 Å². The predicted molar refractivity (Wildman–Crippen MR) is 151 cm³/mol. The van der Waals surface area contributed by atoms with E-state index in [4.69, 9.17) is 4.74 Å². The van der Waals surface area contributed by atoms with E-state index in [9.17, 15) is 25.0 Å². The largest absolute Gasteiger partial charge is 0.378 e. The van der Waals surface area contributed by atoms with Crippen molar-refractivity contribution in [3.63, 3.8) is 0 Å². The smallest absolute Gasteiger partial charge is 0.293 e. The number of carbonyl (C=O) groups excluding carboxylic acids is 1. The molecule has 0 bridgehead atoms. The fraction of sp³-hybridized carbons (Fsp3) is 0.321. The summed E-state index contributed by atoms with van der Waals surface area (Å²) in [5.41, 5.74) is 1.86. The maximum Gasteiger partial charge on any atom is 0.293 e. The van der Waals surface area contributed by atoms with Crippen LogP contribution in [-0.4, -0.2) is 47.7 Å². The van der Waals surface area contributed by atoms with Crippen molar-refractivity contribution in [2.24, 2.45) is 0 Å². The Hall–Kier alpha value is -4.27. The van der Waals surface area contributed by atoms with Crippen LogP contribution in [0.2, 0.25) is 0 Å². The number of anilines is 1. The fourth-order valence-electron chi connectivity index (χ4n) is 4.29. The molecule has 11 heteroatoms. The van der Waals surface area contributed by atoms with Crippen molar-refractivity contribution in [1.82, 2.24) is 9.88 Å². The molecule has 1 amide bonds. The molecule has 202 valence electrons. The van der Waals surface area contributed by atoms with Crippen LogP contribution in [0.1, 0.15) is 31.9 Å². The molecule has 0 radical (unpaired) electrons. The fourth-order valence-corrected chi connectivity index (χ4v) is 5.40. The highest BCUT2D eigenvalue weighted by molar-refractivity contribution is 7.07. The number of morpholine rings is 1. The van der Waals surface area contributed by atoms with Crippen molar-refractivity contribution in [2.45, 2.75) is 33.2 Å². The van der Waals surface area contributed by atoms with E-state index in [1.54, 1.807) is 44.2 Å². The molecule has 4 rings (SSSR count). The van der Waals surface area contributed by atoms with E-state index in [1.165, 1.54) is 10.6 Å². The molecule has 3 aromatic rings. The van der Waals surface area contributed by atoms with Crippen LogP contribution in [0, 0.1) is 21.4 Å². The molecule has 1 N–H and O–H groups in total. The van der Waals surface area contributed by atoms with E-state index in [2.05, 4.69) is 5.32 Å². The third-order valence-electron chi connectivity index (χ3n) is 6.24. The molecule has 39 heavy (non-hydrogen) atoms. The number of rotatable bonds is 7. The van der Waals surface area contributed by atoms with Crippen LogP contribution >= 0.6 is 11.3 Å². The summed E-state index contributed by atoms with van der Waals surface area (Å²) in [7, 11) is 0. The molecule has 1 saturated heterocycles. The zero-order valence-electron chi connectivity index (χ0n) is 22.0. The normalized spacial score (nSPS) is 14.7. The number of thiazole rings is 1. The Morgan fingerprint density at radius 2 is 1.92 bits per heavy atom. The maximum atomic E-state index is 13.7. The second kappa shape index (κ2) is 12.1. The molecule has 0 aliphatic carbocycles. The van der Waals surface area contributed by atoms with Crippen molar-refractivity contribution >= 4 is 40.3 Å². The molecule has 2 aromatic carbocycles. The number of hydrogen-bond acceptors (Lipinski definition) is 8. The van der Waals surface area contributed by atoms with Gasteiger partial charge in [-0.15, -0.1) is 11.3 Å². The van der Waals surface area contributed by atoms with Gasteiger partial charge in [-0.1, -0.05) is 25.1 Å². The quantitative estimate of drug-likeness (QED) is 0.355. The third kappa shape index (κ3) is 6.08. The second-order valence-corrected chi connectivity index (χ2v) is 10.3. The van der Waals surface area contributed by atoms with Gasteiger partial charge >= 0.3 is 0 Å². The van der Waals surface area contributed by atoms with Crippen LogP contribution in [0.3, 0.4) is 0 Å². The number of nitrogens with zero attached hydrogens (tertiary/aromatic N) is 4. The van der Waals surface area contributed by atoms with E-state index in [0.29, 0.717) is 43.2 Å². The lowest BCUT2D eigenvalue weighted by Gasteiger charge is -2.28. The van der Waals surface area contributed by atoms with Crippen molar-refractivity contribution < 1.29 is 14.5 Å². The van der Waals surface area contributed by atoms with Crippen molar-refractivity contribution in [2.75, 3.05) is 31.2 Å². The van der Waals surface area contributed by atoms with E-state index in [-0.39, 0.29) is 26.5 Å². The average molecular weight is 548 g/mol. The summed E-state index contributed by atoms with van der Waals surface area (Å²) in [6, 6.07) is 13.9. The van der Waals surface area contributed by atoms with Crippen molar-refractivity contribution in [3.05, 3.63) is 83.3 Å². The van der Waals surface area contributed by atoms with Gasteiger partial charge in [0.05, 0.1) is 28.4 Å². The molecule has 10 nitrogen and oxygen atoms in total. The summed E-state index contributed by atoms with van der Waals surface area (Å²) in [6.07, 6.45) is 2.37. The lowest BCUT2D eigenvalue weighted by atomic mass is 10.1. The van der Waals surface area contributed by atoms with Crippen LogP contribution in [-0.2, 0) is 16.0 Å². The van der Waals surface area contributed by atoms with Gasteiger partial charge in [-0.3, -0.25) is 24.3 Å². The molecule has 1 aliphatic rings. The van der Waals surface area contributed by atoms with Crippen LogP contribution in [0.15, 0.2) is 47.3 Å². The van der Waals surface area contributed by atoms with Gasteiger partial charge in [0.15, 0.2) is 5.57 Å². The monoisotopic (exact) mass is 547 g/mol. The molecule has 2 heterocycles. The maximum absolute atomic E-state index is 13.7. The summed E-state index contributed by atoms with van der Waals surface area (Å²) in [6.45, 7) is 7.66. The van der Waals surface area contributed by atoms with Crippen LogP contribution < -0.4 is 25.0 Å². The number of nitriles is 1. The lowest BCUT2D eigenvalue weighted by molar-refractivity contribution is -0.384. The van der Waals surface area contributed by atoms with E-state index in [1.807, 2.05) is 30.0 Å². The molecule has 1 aromatic heterocycles. The molecule has 0 saturated carbocycles. The predicted octanol–water partition coefficient (Wildman–Crippen LogP) is 2.23. The van der Waals surface area contributed by atoms with Gasteiger partial charge in [0.25, 0.3) is 17.2 Å². The number of carbonyl (C=O) groups is 1. The second-order valence-electron chi connectivity index (χ2n) is 9.30. The number of amides is 1. The Kier molecular flexibility index (Phi) is 8.59. The molecule has 0 atom stereocenters. The van der Waals surface area contributed by atoms with Gasteiger partial charge in [0.2, 0.25) is 0 Å². The van der Waals surface area contributed by atoms with Gasteiger partial charge in [-0.25, -0.2) is 0 Å². The summed E-state index contributed by atoms with van der Waals surface area (Å²) in [5, 5.41) is 24.5. The van der Waals surface area contributed by atoms with E-state index in [0.717, 1.165) is 23.3 Å². The van der Waals surface area contributed by atoms with Crippen molar-refractivity contribution in [3.8, 4) is 11.8 Å². The van der Waals surface area contributed by atoms with Crippen LogP contribution in [0.5, 0.6) is 0 Å². The highest BCUT2D eigenvalue weighted by Gasteiger charge is 2.22. The Morgan fingerprint density at radius 1 is 1.23 bits per heavy atom. The number of ether oxygens (including phenoxy) is 1. The number of benzene rings is 2. The Bertz CT molecular complexity index is 1610. The topological polar surface area (TPSA) is 130 Å². The summed E-state index contributed by atoms with van der Waals surface area (Å²) in [4.78, 5) is 39.9. The molecule has 0 unspecified atom stereocenters. The number of aryl methyl sites for hydroxylation is 1. The SMILES string of the molecule is CCc1ccc(-n2c(=O)/c(=C/c3ccc(N4CCOCC4)c([N+](=O)[O-])c3)s/c2=C(\C#N)C(=O)NC(C)C)cc1. The summed E-state index contributed by atoms with van der Waals surface area (Å²) < 4.78 is 7.14. The molecular formula is C28H29N5O5S. The molecule has 1 fully saturated rings. The summed E-state index contributed by atoms with van der Waals surface area (Å²) >= 11 is 0.998. The number of nitrogens with one attached hydrogen (secondary N) is 1. The minimum Gasteiger partial charge on any atom is -0.378 e. The first-order chi connectivity index (χ1) is 18.7. The Balaban J connectivity index is 1.93. The van der Waals surface area contributed by atoms with Gasteiger partial charge in [-0.05, 0) is 55.7 Å². The molecular weight excluding hydrogens is 518 g/mol. The first-order valence-corrected chi connectivity index (χ1v) is 13.4. The van der Waals surface area contributed by atoms with E-state index >= 15 is 0 Å². The Morgan fingerprint density at radius 3 is 2.51 bits per heavy atom. The van der Waals surface area contributed by atoms with Gasteiger partial charge in [0.1, 0.15) is 16.4 Å². The van der Waals surface area contributed by atoms with Crippen molar-refractivity contribution in [1.29, 1.82) is 5.26 Å². The summed E-state index contributed by atoms with van der Waals surface area (Å²) in [5.74, 6) is -0.579. The number of nitro benzene ring substituents is 1. The number of hydrogen-bond donors (Lipinski definition) is 1. The van der Waals surface area contributed by atoms with Gasteiger partial charge in [-0.2, -0.15) is 5.26 Å². The lowest BCUT2D eigenvalue weighted by Crippen LogP contribution is -2.36. The highest BCUT2D eigenvalue weighted by Crippen LogP contribution is 2.30. The number of nitro groups is 1. The number of aromatic nitrogens is 1. The minimum atomic E-state index is -0.579. The van der Waals surface area contributed by atoms with Crippen LogP contribution in [0.4, 0.5) is 11.4 Å². The van der Waals surface area contributed by atoms with Gasteiger partial charge in [0, 0.05) is 25.2 Å². The standard InChI is InChI=1S/C28H29N5O5S/c1-4-19-5-8-21(9-6-19)32-27(35)25(39-28(32)22(17-29)26(34)30-18(2)3)16-20-7-10-23(24(15-20)33(36)37)31-11-13-38-14-12-31/h5-10,15-16,18H,4,11-14H2,1-3H3,(H,30,34)/b25-16-,28-22+. The molecule has 1 aliphatic heterocycles. The van der Waals surface area contributed by atoms with Gasteiger partial charge < -0.3 is 15.0 Å². The zero-order valence-corrected chi connectivity index (χ0v) is 22.8. The first-order valence-electron chi connectivity index (χ1n) is 12.6. The minimum absolute atomic E-state index is 0.0708.